The highest BCUT2D eigenvalue weighted by molar-refractivity contribution is 7.94. The van der Waals surface area contributed by atoms with Crippen molar-refractivity contribution in [1.29, 1.82) is 0 Å². The first-order valence-electron chi connectivity index (χ1n) is 9.08. The number of hydrogen-bond donors (Lipinski definition) is 1. The minimum Gasteiger partial charge on any atom is -0.482 e. The van der Waals surface area contributed by atoms with Crippen molar-refractivity contribution in [3.05, 3.63) is 65.3 Å². The molecule has 0 aliphatic rings. The van der Waals surface area contributed by atoms with Gasteiger partial charge in [-0.05, 0) is 47.8 Å². The Morgan fingerprint density at radius 2 is 1.88 bits per heavy atom. The summed E-state index contributed by atoms with van der Waals surface area (Å²) in [5.41, 5.74) is 0.733. The Labute approximate surface area is 193 Å². The van der Waals surface area contributed by atoms with Crippen LogP contribution in [0.2, 0.25) is 5.15 Å². The zero-order valence-electron chi connectivity index (χ0n) is 16.7. The van der Waals surface area contributed by atoms with E-state index in [1.54, 1.807) is 35.7 Å². The number of thiophene rings is 1. The van der Waals surface area contributed by atoms with Crippen LogP contribution in [0, 0.1) is 0 Å². The Morgan fingerprint density at radius 3 is 2.53 bits per heavy atom. The van der Waals surface area contributed by atoms with Gasteiger partial charge in [0.1, 0.15) is 9.96 Å². The van der Waals surface area contributed by atoms with Crippen molar-refractivity contribution in [2.45, 2.75) is 4.21 Å². The van der Waals surface area contributed by atoms with Crippen LogP contribution in [-0.2, 0) is 24.3 Å². The predicted octanol–water partition coefficient (Wildman–Crippen LogP) is 3.18. The molecule has 0 bridgehead atoms. The summed E-state index contributed by atoms with van der Waals surface area (Å²) in [6, 6.07) is 12.5. The van der Waals surface area contributed by atoms with Crippen molar-refractivity contribution in [3.63, 3.8) is 0 Å². The lowest BCUT2D eigenvalue weighted by Gasteiger charge is -2.18. The third-order valence-electron chi connectivity index (χ3n) is 4.06. The lowest BCUT2D eigenvalue weighted by atomic mass is 10.3. The molecule has 0 spiro atoms. The highest BCUT2D eigenvalue weighted by Crippen LogP contribution is 2.26. The van der Waals surface area contributed by atoms with Gasteiger partial charge in [-0.15, -0.1) is 11.3 Å². The van der Waals surface area contributed by atoms with Crippen molar-refractivity contribution in [2.75, 3.05) is 29.9 Å². The van der Waals surface area contributed by atoms with Crippen LogP contribution in [0.15, 0.2) is 64.3 Å². The fraction of sp³-hybridized carbons (Fsp3) is 0.150. The maximum Gasteiger partial charge on any atom is 0.344 e. The largest absolute Gasteiger partial charge is 0.482 e. The first kappa shape index (κ1) is 23.5. The van der Waals surface area contributed by atoms with Crippen LogP contribution < -0.4 is 14.4 Å². The Morgan fingerprint density at radius 1 is 1.12 bits per heavy atom. The maximum atomic E-state index is 12.6. The highest BCUT2D eigenvalue weighted by Gasteiger charge is 2.22. The lowest BCUT2D eigenvalue weighted by molar-refractivity contribution is -0.149. The topological polar surface area (TPSA) is 115 Å². The first-order valence-corrected chi connectivity index (χ1v) is 11.8. The number of rotatable bonds is 9. The molecule has 0 radical (unpaired) electrons. The van der Waals surface area contributed by atoms with Gasteiger partial charge in [0.05, 0.1) is 11.4 Å². The number of nitrogens with zero attached hydrogens (tertiary/aromatic N) is 2. The second-order valence-corrected chi connectivity index (χ2v) is 9.74. The van der Waals surface area contributed by atoms with E-state index >= 15 is 0 Å². The predicted molar refractivity (Wildman–Crippen MR) is 121 cm³/mol. The van der Waals surface area contributed by atoms with Gasteiger partial charge in [-0.1, -0.05) is 17.7 Å². The third kappa shape index (κ3) is 5.96. The summed E-state index contributed by atoms with van der Waals surface area (Å²) in [4.78, 5) is 27.5. The Bertz CT molecular complexity index is 1180. The molecule has 1 N–H and O–H groups in total. The molecule has 0 unspecified atom stereocenters. The molecule has 9 nitrogen and oxygen atoms in total. The number of anilines is 2. The van der Waals surface area contributed by atoms with Crippen LogP contribution >= 0.6 is 22.9 Å². The maximum absolute atomic E-state index is 12.6. The molecule has 0 aliphatic heterocycles. The Hall–Kier alpha value is -3.15. The number of benzene rings is 1. The molecule has 2 aromatic heterocycles. The van der Waals surface area contributed by atoms with E-state index in [1.165, 1.54) is 31.4 Å². The van der Waals surface area contributed by atoms with Crippen LogP contribution in [0.4, 0.5) is 11.4 Å². The van der Waals surface area contributed by atoms with Crippen molar-refractivity contribution in [3.8, 4) is 5.75 Å². The lowest BCUT2D eigenvalue weighted by Crippen LogP contribution is -2.25. The minimum absolute atomic E-state index is 0.118. The molecule has 0 saturated carbocycles. The summed E-state index contributed by atoms with van der Waals surface area (Å²) >= 11 is 6.97. The zero-order valence-corrected chi connectivity index (χ0v) is 19.1. The summed E-state index contributed by atoms with van der Waals surface area (Å²) in [6.45, 7) is -0.943. The van der Waals surface area contributed by atoms with Crippen LogP contribution in [-0.4, -0.2) is 45.5 Å². The molecule has 32 heavy (non-hydrogen) atoms. The molecule has 3 rings (SSSR count). The van der Waals surface area contributed by atoms with Crippen LogP contribution in [0.25, 0.3) is 0 Å². The number of carbonyl (C=O) groups excluding carboxylic acids is 2. The number of aromatic nitrogens is 1. The van der Waals surface area contributed by atoms with Crippen LogP contribution in [0.3, 0.4) is 0 Å². The molecule has 2 heterocycles. The second kappa shape index (κ2) is 10.4. The minimum atomic E-state index is -3.64. The van der Waals surface area contributed by atoms with Gasteiger partial charge >= 0.3 is 5.97 Å². The number of ether oxygens (including phenoxy) is 2. The summed E-state index contributed by atoms with van der Waals surface area (Å²) in [7, 11) is -2.19. The first-order chi connectivity index (χ1) is 15.3. The zero-order chi connectivity index (χ0) is 23.1. The SMILES string of the molecule is CN(c1ccc(OCC(=O)OCC(=O)Nc2cccnc2Cl)cc1)S(=O)(=O)c1cccs1. The number of carbonyl (C=O) groups is 2. The quantitative estimate of drug-likeness (QED) is 0.358. The van der Waals surface area contributed by atoms with Gasteiger partial charge in [0.15, 0.2) is 18.4 Å². The summed E-state index contributed by atoms with van der Waals surface area (Å²) in [6.07, 6.45) is 1.47. The standard InChI is InChI=1S/C20H18ClN3O6S2/c1-24(32(27,28)19-5-3-11-31-19)14-6-8-15(9-7-14)29-13-18(26)30-12-17(25)23-16-4-2-10-22-20(16)21/h2-11H,12-13H2,1H3,(H,23,25). The summed E-state index contributed by atoms with van der Waals surface area (Å²) < 4.78 is 36.7. The molecular formula is C20H18ClN3O6S2. The monoisotopic (exact) mass is 495 g/mol. The Kier molecular flexibility index (Phi) is 7.67. The number of sulfonamides is 1. The summed E-state index contributed by atoms with van der Waals surface area (Å²) in [5, 5.41) is 4.28. The van der Waals surface area contributed by atoms with E-state index < -0.39 is 35.1 Å². The van der Waals surface area contributed by atoms with E-state index in [1.807, 2.05) is 0 Å². The molecule has 0 atom stereocenters. The molecule has 1 amide bonds. The molecule has 0 saturated heterocycles. The average Bonchev–Trinajstić information content (AvgIpc) is 3.34. The number of hydrogen-bond acceptors (Lipinski definition) is 8. The summed E-state index contributed by atoms with van der Waals surface area (Å²) in [5.74, 6) is -0.995. The third-order valence-corrected chi connectivity index (χ3v) is 7.52. The van der Waals surface area contributed by atoms with Crippen molar-refractivity contribution < 1.29 is 27.5 Å². The smallest absolute Gasteiger partial charge is 0.344 e. The highest BCUT2D eigenvalue weighted by atomic mass is 35.5. The van der Waals surface area contributed by atoms with Gasteiger partial charge in [-0.25, -0.2) is 18.2 Å². The van der Waals surface area contributed by atoms with Crippen LogP contribution in [0.5, 0.6) is 5.75 Å². The normalized spacial score (nSPS) is 10.9. The van der Waals surface area contributed by atoms with Crippen molar-refractivity contribution in [1.82, 2.24) is 4.98 Å². The second-order valence-electron chi connectivity index (χ2n) is 6.24. The fourth-order valence-corrected chi connectivity index (χ4v) is 4.95. The molecule has 168 valence electrons. The van der Waals surface area contributed by atoms with E-state index in [9.17, 15) is 18.0 Å². The number of esters is 1. The van der Waals surface area contributed by atoms with Crippen LogP contribution in [0.1, 0.15) is 0 Å². The number of halogens is 1. The number of nitrogens with one attached hydrogen (secondary N) is 1. The van der Waals surface area contributed by atoms with Gasteiger partial charge in [0.2, 0.25) is 0 Å². The average molecular weight is 496 g/mol. The fourth-order valence-electron chi connectivity index (χ4n) is 2.43. The van der Waals surface area contributed by atoms with E-state index in [-0.39, 0.29) is 9.36 Å². The number of amides is 1. The van der Waals surface area contributed by atoms with E-state index in [0.717, 1.165) is 15.6 Å². The van der Waals surface area contributed by atoms with E-state index in [2.05, 4.69) is 10.3 Å². The van der Waals surface area contributed by atoms with Gasteiger partial charge < -0.3 is 14.8 Å². The molecular weight excluding hydrogens is 478 g/mol. The van der Waals surface area contributed by atoms with Gasteiger partial charge in [0, 0.05) is 13.2 Å². The van der Waals surface area contributed by atoms with E-state index in [4.69, 9.17) is 21.1 Å². The van der Waals surface area contributed by atoms with E-state index in [0.29, 0.717) is 17.1 Å². The molecule has 0 fully saturated rings. The van der Waals surface area contributed by atoms with Gasteiger partial charge in [-0.3, -0.25) is 9.10 Å². The van der Waals surface area contributed by atoms with Crippen molar-refractivity contribution in [2.24, 2.45) is 0 Å². The van der Waals surface area contributed by atoms with Gasteiger partial charge in [0.25, 0.3) is 15.9 Å². The number of pyridine rings is 1. The van der Waals surface area contributed by atoms with Gasteiger partial charge in [-0.2, -0.15) is 0 Å². The molecule has 3 aromatic rings. The Balaban J connectivity index is 1.47. The molecule has 1 aromatic carbocycles. The molecule has 0 aliphatic carbocycles. The molecule has 12 heteroatoms. The van der Waals surface area contributed by atoms with Crippen molar-refractivity contribution >= 4 is 56.2 Å².